The zero-order valence-corrected chi connectivity index (χ0v) is 11.0. The minimum absolute atomic E-state index is 0. The maximum absolute atomic E-state index is 12.5. The Morgan fingerprint density at radius 2 is 2.06 bits per heavy atom. The van der Waals surface area contributed by atoms with Gasteiger partial charge in [-0.2, -0.15) is 0 Å². The van der Waals surface area contributed by atoms with Gasteiger partial charge in [0.25, 0.3) is 0 Å². The van der Waals surface area contributed by atoms with Crippen LogP contribution < -0.4 is 10.2 Å². The van der Waals surface area contributed by atoms with Crippen LogP contribution in [0.15, 0.2) is 18.2 Å². The molecule has 4 heteroatoms. The Bertz CT molecular complexity index is 503. The Morgan fingerprint density at radius 3 is 2.94 bits per heavy atom. The van der Waals surface area contributed by atoms with E-state index >= 15 is 0 Å². The van der Waals surface area contributed by atoms with Gasteiger partial charge in [-0.25, -0.2) is 0 Å². The fourth-order valence-corrected chi connectivity index (χ4v) is 3.67. The second-order valence-corrected chi connectivity index (χ2v) is 5.32. The Morgan fingerprint density at radius 1 is 1.22 bits per heavy atom. The van der Waals surface area contributed by atoms with Crippen molar-refractivity contribution in [2.45, 2.75) is 18.8 Å². The molecule has 0 aliphatic carbocycles. The van der Waals surface area contributed by atoms with E-state index in [2.05, 4.69) is 23.5 Å². The number of rotatable bonds is 0. The van der Waals surface area contributed by atoms with Gasteiger partial charge >= 0.3 is 0 Å². The summed E-state index contributed by atoms with van der Waals surface area (Å²) >= 11 is 0. The number of nitrogens with zero attached hydrogens (tertiary/aromatic N) is 1. The molecule has 1 fully saturated rings. The Kier molecular flexibility index (Phi) is 2.83. The van der Waals surface area contributed by atoms with Crippen LogP contribution in [0.3, 0.4) is 0 Å². The van der Waals surface area contributed by atoms with E-state index in [9.17, 15) is 4.79 Å². The van der Waals surface area contributed by atoms with Crippen molar-refractivity contribution in [3.05, 3.63) is 29.3 Å². The molecule has 1 aromatic carbocycles. The SMILES string of the molecule is Cl.O=C1[C@@H]2CNC[C@H]2c2cccc3c2N1CCC3. The molecule has 1 N–H and O–H groups in total. The van der Waals surface area contributed by atoms with Gasteiger partial charge in [0.2, 0.25) is 5.91 Å². The van der Waals surface area contributed by atoms with Gasteiger partial charge in [-0.1, -0.05) is 18.2 Å². The smallest absolute Gasteiger partial charge is 0.232 e. The summed E-state index contributed by atoms with van der Waals surface area (Å²) in [5, 5.41) is 3.37. The van der Waals surface area contributed by atoms with Crippen LogP contribution >= 0.6 is 12.4 Å². The van der Waals surface area contributed by atoms with Crippen LogP contribution in [-0.2, 0) is 11.2 Å². The van der Waals surface area contributed by atoms with Crippen LogP contribution in [0.2, 0.25) is 0 Å². The number of halogens is 1. The van der Waals surface area contributed by atoms with E-state index in [0.717, 1.165) is 32.5 Å². The number of amides is 1. The van der Waals surface area contributed by atoms with Crippen molar-refractivity contribution < 1.29 is 4.79 Å². The Labute approximate surface area is 113 Å². The summed E-state index contributed by atoms with van der Waals surface area (Å²) in [7, 11) is 0. The van der Waals surface area contributed by atoms with Crippen molar-refractivity contribution in [1.82, 2.24) is 5.32 Å². The molecule has 3 aliphatic heterocycles. The molecule has 0 saturated carbocycles. The van der Waals surface area contributed by atoms with Crippen molar-refractivity contribution in [2.75, 3.05) is 24.5 Å². The van der Waals surface area contributed by atoms with E-state index < -0.39 is 0 Å². The number of benzene rings is 1. The van der Waals surface area contributed by atoms with Gasteiger partial charge in [0.1, 0.15) is 0 Å². The van der Waals surface area contributed by atoms with Gasteiger partial charge in [0.15, 0.2) is 0 Å². The highest BCUT2D eigenvalue weighted by Gasteiger charge is 2.44. The van der Waals surface area contributed by atoms with Gasteiger partial charge in [-0.3, -0.25) is 4.79 Å². The number of carbonyl (C=O) groups excluding carboxylic acids is 1. The molecular formula is C14H17ClN2O. The van der Waals surface area contributed by atoms with Gasteiger partial charge in [-0.05, 0) is 24.0 Å². The number of para-hydroxylation sites is 1. The van der Waals surface area contributed by atoms with Gasteiger partial charge < -0.3 is 10.2 Å². The number of carbonyl (C=O) groups is 1. The minimum Gasteiger partial charge on any atom is -0.315 e. The molecule has 0 aromatic heterocycles. The number of nitrogens with one attached hydrogen (secondary N) is 1. The lowest BCUT2D eigenvalue weighted by atomic mass is 9.80. The topological polar surface area (TPSA) is 32.3 Å². The van der Waals surface area contributed by atoms with Crippen LogP contribution in [0.5, 0.6) is 0 Å². The maximum atomic E-state index is 12.5. The van der Waals surface area contributed by atoms with Crippen LogP contribution in [-0.4, -0.2) is 25.5 Å². The lowest BCUT2D eigenvalue weighted by Gasteiger charge is -2.40. The summed E-state index contributed by atoms with van der Waals surface area (Å²) in [6.07, 6.45) is 2.23. The summed E-state index contributed by atoms with van der Waals surface area (Å²) in [6.45, 7) is 2.72. The van der Waals surface area contributed by atoms with Crippen LogP contribution in [0.25, 0.3) is 0 Å². The predicted molar refractivity (Wildman–Crippen MR) is 73.5 cm³/mol. The molecule has 4 rings (SSSR count). The van der Waals surface area contributed by atoms with E-state index in [4.69, 9.17) is 0 Å². The number of hydrogen-bond acceptors (Lipinski definition) is 2. The van der Waals surface area contributed by atoms with E-state index in [1.54, 1.807) is 0 Å². The molecular weight excluding hydrogens is 248 g/mol. The molecule has 1 saturated heterocycles. The molecule has 0 unspecified atom stereocenters. The first-order chi connectivity index (χ1) is 8.36. The average Bonchev–Trinajstić information content (AvgIpc) is 2.85. The first kappa shape index (κ1) is 12.0. The number of aryl methyl sites for hydroxylation is 1. The lowest BCUT2D eigenvalue weighted by Crippen LogP contribution is -2.45. The Balaban J connectivity index is 0.000001000. The third-order valence-electron chi connectivity index (χ3n) is 4.45. The summed E-state index contributed by atoms with van der Waals surface area (Å²) in [5.41, 5.74) is 4.01. The highest BCUT2D eigenvalue weighted by Crippen LogP contribution is 2.44. The van der Waals surface area contributed by atoms with Crippen LogP contribution in [0.1, 0.15) is 23.5 Å². The fraction of sp³-hybridized carbons (Fsp3) is 0.500. The zero-order chi connectivity index (χ0) is 11.4. The Hall–Kier alpha value is -1.06. The van der Waals surface area contributed by atoms with E-state index in [0.29, 0.717) is 11.8 Å². The molecule has 0 spiro atoms. The standard InChI is InChI=1S/C14H16N2O.ClH/c17-14-12-8-15-7-11(12)10-5-1-3-9-4-2-6-16(14)13(9)10;/h1,3,5,11-12,15H,2,4,6-8H2;1H/t11-,12+;/m0./s1. The minimum atomic E-state index is 0. The molecule has 3 nitrogen and oxygen atoms in total. The van der Waals surface area contributed by atoms with E-state index in [-0.39, 0.29) is 18.3 Å². The van der Waals surface area contributed by atoms with Crippen molar-refractivity contribution in [3.8, 4) is 0 Å². The highest BCUT2D eigenvalue weighted by atomic mass is 35.5. The summed E-state index contributed by atoms with van der Waals surface area (Å²) in [6, 6.07) is 6.55. The lowest BCUT2D eigenvalue weighted by molar-refractivity contribution is -0.122. The molecule has 0 bridgehead atoms. The summed E-state index contributed by atoms with van der Waals surface area (Å²) in [4.78, 5) is 14.5. The van der Waals surface area contributed by atoms with Crippen LogP contribution in [0.4, 0.5) is 5.69 Å². The number of hydrogen-bond donors (Lipinski definition) is 1. The van der Waals surface area contributed by atoms with Gasteiger partial charge in [0.05, 0.1) is 11.6 Å². The van der Waals surface area contributed by atoms with Crippen molar-refractivity contribution in [2.24, 2.45) is 5.92 Å². The van der Waals surface area contributed by atoms with E-state index in [1.165, 1.54) is 16.8 Å². The molecule has 3 heterocycles. The molecule has 0 radical (unpaired) electrons. The first-order valence-electron chi connectivity index (χ1n) is 6.50. The van der Waals surface area contributed by atoms with Gasteiger partial charge in [-0.15, -0.1) is 12.4 Å². The van der Waals surface area contributed by atoms with Gasteiger partial charge in [0, 0.05) is 25.6 Å². The van der Waals surface area contributed by atoms with Crippen molar-refractivity contribution in [3.63, 3.8) is 0 Å². The molecule has 1 amide bonds. The average molecular weight is 265 g/mol. The van der Waals surface area contributed by atoms with Crippen LogP contribution in [0, 0.1) is 5.92 Å². The quantitative estimate of drug-likeness (QED) is 0.774. The zero-order valence-electron chi connectivity index (χ0n) is 10.2. The molecule has 2 atom stereocenters. The summed E-state index contributed by atoms with van der Waals surface area (Å²) in [5.74, 6) is 0.933. The largest absolute Gasteiger partial charge is 0.315 e. The number of anilines is 1. The monoisotopic (exact) mass is 264 g/mol. The van der Waals surface area contributed by atoms with E-state index in [1.807, 2.05) is 4.90 Å². The normalized spacial score (nSPS) is 28.4. The molecule has 18 heavy (non-hydrogen) atoms. The third kappa shape index (κ3) is 1.44. The number of fused-ring (bicyclic) bond motifs is 2. The highest BCUT2D eigenvalue weighted by molar-refractivity contribution is 6.00. The van der Waals surface area contributed by atoms with Crippen molar-refractivity contribution >= 4 is 24.0 Å². The second-order valence-electron chi connectivity index (χ2n) is 5.32. The fourth-order valence-electron chi connectivity index (χ4n) is 3.67. The maximum Gasteiger partial charge on any atom is 0.232 e. The molecule has 96 valence electrons. The molecule has 3 aliphatic rings. The summed E-state index contributed by atoms with van der Waals surface area (Å²) < 4.78 is 0. The third-order valence-corrected chi connectivity index (χ3v) is 4.45. The van der Waals surface area contributed by atoms with Crippen molar-refractivity contribution in [1.29, 1.82) is 0 Å². The first-order valence-corrected chi connectivity index (χ1v) is 6.50. The second kappa shape index (κ2) is 4.25. The predicted octanol–water partition coefficient (Wildman–Crippen LogP) is 1.70. The molecule has 1 aromatic rings.